The predicted octanol–water partition coefficient (Wildman–Crippen LogP) is 3.83. The molecule has 1 saturated heterocycles. The SMILES string of the molecule is CC(=O)OC1CCC2(C)C(=CC(OC(C)=O)C3C2[C@H](OC(C)=O)CC2(C)[C@H]3CCC23CCC(O)O3)C1. The summed E-state index contributed by atoms with van der Waals surface area (Å²) in [6.45, 7) is 8.77. The van der Waals surface area contributed by atoms with E-state index in [-0.39, 0.29) is 58.7 Å². The van der Waals surface area contributed by atoms with Crippen molar-refractivity contribution in [2.24, 2.45) is 28.6 Å². The number of aliphatic hydroxyl groups excluding tert-OH is 1. The summed E-state index contributed by atoms with van der Waals surface area (Å²) in [6, 6.07) is 0. The number of ether oxygens (including phenoxy) is 4. The average molecular weight is 505 g/mol. The summed E-state index contributed by atoms with van der Waals surface area (Å²) >= 11 is 0. The first-order chi connectivity index (χ1) is 16.9. The molecule has 0 aromatic carbocycles. The fourth-order valence-electron chi connectivity index (χ4n) is 9.05. The number of aliphatic hydroxyl groups is 1. The van der Waals surface area contributed by atoms with Crippen LogP contribution < -0.4 is 0 Å². The largest absolute Gasteiger partial charge is 0.462 e. The molecule has 1 heterocycles. The van der Waals surface area contributed by atoms with Gasteiger partial charge in [-0.2, -0.15) is 0 Å². The number of rotatable bonds is 3. The molecule has 0 aromatic rings. The van der Waals surface area contributed by atoms with Crippen LogP contribution in [0.2, 0.25) is 0 Å². The van der Waals surface area contributed by atoms with E-state index in [1.807, 2.05) is 0 Å². The van der Waals surface area contributed by atoms with Gasteiger partial charge in [0.15, 0.2) is 6.29 Å². The Labute approximate surface area is 213 Å². The first kappa shape index (κ1) is 25.7. The molecule has 3 saturated carbocycles. The molecule has 10 atom stereocenters. The molecule has 36 heavy (non-hydrogen) atoms. The smallest absolute Gasteiger partial charge is 0.303 e. The van der Waals surface area contributed by atoms with Gasteiger partial charge in [-0.15, -0.1) is 0 Å². The standard InChI is InChI=1S/C28H40O8/c1-15(29)33-19-6-9-26(4)18(12-19)13-21(34-16(2)30)24-20-7-10-28(11-8-23(32)36-28)27(20,5)14-22(25(24)26)35-17(3)31/h13,19-25,32H,6-12,14H2,1-5H3/t19?,20-,21?,22+,23?,24?,25?,26?,27?,28?/m0/s1. The van der Waals surface area contributed by atoms with Crippen molar-refractivity contribution < 1.29 is 38.4 Å². The van der Waals surface area contributed by atoms with Crippen LogP contribution >= 0.6 is 0 Å². The van der Waals surface area contributed by atoms with E-state index >= 15 is 0 Å². The van der Waals surface area contributed by atoms with Crippen molar-refractivity contribution in [3.05, 3.63) is 11.6 Å². The molecule has 200 valence electrons. The lowest BCUT2D eigenvalue weighted by Gasteiger charge is -2.62. The van der Waals surface area contributed by atoms with Gasteiger partial charge < -0.3 is 24.1 Å². The molecule has 4 aliphatic carbocycles. The fraction of sp³-hybridized carbons (Fsp3) is 0.821. The Morgan fingerprint density at radius 1 is 0.944 bits per heavy atom. The number of hydrogen-bond acceptors (Lipinski definition) is 8. The zero-order chi connectivity index (χ0) is 26.0. The maximum absolute atomic E-state index is 12.4. The van der Waals surface area contributed by atoms with Crippen LogP contribution in [0.5, 0.6) is 0 Å². The van der Waals surface area contributed by atoms with Crippen LogP contribution in [0.1, 0.15) is 86.0 Å². The minimum absolute atomic E-state index is 0.0384. The summed E-state index contributed by atoms with van der Waals surface area (Å²) in [7, 11) is 0. The van der Waals surface area contributed by atoms with Crippen LogP contribution in [0.15, 0.2) is 11.6 Å². The van der Waals surface area contributed by atoms with Crippen LogP contribution in [-0.2, 0) is 33.3 Å². The Morgan fingerprint density at radius 2 is 1.61 bits per heavy atom. The second-order valence-electron chi connectivity index (χ2n) is 12.3. The number of fused-ring (bicyclic) bond motifs is 6. The topological polar surface area (TPSA) is 108 Å². The Morgan fingerprint density at radius 3 is 2.22 bits per heavy atom. The van der Waals surface area contributed by atoms with Gasteiger partial charge in [0.1, 0.15) is 18.3 Å². The molecule has 0 aromatic heterocycles. The molecule has 5 rings (SSSR count). The monoisotopic (exact) mass is 504 g/mol. The van der Waals surface area contributed by atoms with Gasteiger partial charge in [-0.1, -0.05) is 19.4 Å². The van der Waals surface area contributed by atoms with E-state index in [4.69, 9.17) is 18.9 Å². The average Bonchev–Trinajstić information content (AvgIpc) is 3.27. The summed E-state index contributed by atoms with van der Waals surface area (Å²) in [5.74, 6) is -0.860. The number of carbonyl (C=O) groups excluding carboxylic acids is 3. The van der Waals surface area contributed by atoms with Crippen molar-refractivity contribution in [1.29, 1.82) is 0 Å². The number of hydrogen-bond donors (Lipinski definition) is 1. The third-order valence-electron chi connectivity index (χ3n) is 10.4. The van der Waals surface area contributed by atoms with Crippen LogP contribution in [0.25, 0.3) is 0 Å². The Hall–Kier alpha value is -1.93. The molecule has 8 unspecified atom stereocenters. The molecule has 0 radical (unpaired) electrons. The van der Waals surface area contributed by atoms with E-state index in [1.54, 1.807) is 0 Å². The zero-order valence-corrected chi connectivity index (χ0v) is 22.1. The molecule has 0 bridgehead atoms. The minimum atomic E-state index is -0.776. The quantitative estimate of drug-likeness (QED) is 0.351. The van der Waals surface area contributed by atoms with Crippen LogP contribution in [-0.4, -0.2) is 53.2 Å². The highest BCUT2D eigenvalue weighted by atomic mass is 16.6. The first-order valence-electron chi connectivity index (χ1n) is 13.5. The summed E-state index contributed by atoms with van der Waals surface area (Å²) < 4.78 is 23.9. The lowest BCUT2D eigenvalue weighted by atomic mass is 9.45. The Balaban J connectivity index is 1.60. The fourth-order valence-corrected chi connectivity index (χ4v) is 9.05. The van der Waals surface area contributed by atoms with Gasteiger partial charge in [0.25, 0.3) is 0 Å². The third-order valence-corrected chi connectivity index (χ3v) is 10.4. The maximum Gasteiger partial charge on any atom is 0.303 e. The predicted molar refractivity (Wildman–Crippen MR) is 128 cm³/mol. The van der Waals surface area contributed by atoms with E-state index in [0.717, 1.165) is 37.7 Å². The zero-order valence-electron chi connectivity index (χ0n) is 22.1. The van der Waals surface area contributed by atoms with E-state index in [0.29, 0.717) is 19.3 Å². The van der Waals surface area contributed by atoms with Crippen LogP contribution in [0.3, 0.4) is 0 Å². The molecular weight excluding hydrogens is 464 g/mol. The highest BCUT2D eigenvalue weighted by Crippen LogP contribution is 2.70. The van der Waals surface area contributed by atoms with E-state index in [9.17, 15) is 19.5 Å². The molecule has 1 N–H and O–H groups in total. The summed E-state index contributed by atoms with van der Waals surface area (Å²) in [5, 5.41) is 10.3. The van der Waals surface area contributed by atoms with Crippen molar-refractivity contribution in [1.82, 2.24) is 0 Å². The molecular formula is C28H40O8. The number of carbonyl (C=O) groups is 3. The van der Waals surface area contributed by atoms with Gasteiger partial charge in [-0.05, 0) is 55.9 Å². The summed E-state index contributed by atoms with van der Waals surface area (Å²) in [5.41, 5.74) is 0.0407. The second kappa shape index (κ2) is 8.83. The van der Waals surface area contributed by atoms with Gasteiger partial charge in [0, 0.05) is 50.9 Å². The van der Waals surface area contributed by atoms with E-state index in [2.05, 4.69) is 19.9 Å². The van der Waals surface area contributed by atoms with E-state index in [1.165, 1.54) is 20.8 Å². The van der Waals surface area contributed by atoms with Crippen LogP contribution in [0, 0.1) is 28.6 Å². The first-order valence-corrected chi connectivity index (χ1v) is 13.5. The van der Waals surface area contributed by atoms with Gasteiger partial charge in [-0.25, -0.2) is 0 Å². The Kier molecular flexibility index (Phi) is 6.30. The highest BCUT2D eigenvalue weighted by molar-refractivity contribution is 5.67. The molecule has 8 heteroatoms. The Bertz CT molecular complexity index is 975. The maximum atomic E-state index is 12.4. The molecule has 5 aliphatic rings. The second-order valence-corrected chi connectivity index (χ2v) is 12.3. The third kappa shape index (κ3) is 3.90. The van der Waals surface area contributed by atoms with Crippen LogP contribution in [0.4, 0.5) is 0 Å². The van der Waals surface area contributed by atoms with Crippen molar-refractivity contribution in [3.8, 4) is 0 Å². The number of esters is 3. The minimum Gasteiger partial charge on any atom is -0.462 e. The molecule has 0 amide bonds. The highest BCUT2D eigenvalue weighted by Gasteiger charge is 2.70. The van der Waals surface area contributed by atoms with Gasteiger partial charge >= 0.3 is 17.9 Å². The molecule has 1 aliphatic heterocycles. The summed E-state index contributed by atoms with van der Waals surface area (Å²) in [4.78, 5) is 36.4. The summed E-state index contributed by atoms with van der Waals surface area (Å²) in [6.07, 6.45) is 6.16. The van der Waals surface area contributed by atoms with Gasteiger partial charge in [0.2, 0.25) is 0 Å². The van der Waals surface area contributed by atoms with Gasteiger partial charge in [0.05, 0.1) is 5.60 Å². The van der Waals surface area contributed by atoms with Crippen molar-refractivity contribution in [2.45, 2.75) is 116 Å². The van der Waals surface area contributed by atoms with Crippen molar-refractivity contribution in [3.63, 3.8) is 0 Å². The normalized spacial score (nSPS) is 47.3. The lowest BCUT2D eigenvalue weighted by Crippen LogP contribution is -2.63. The van der Waals surface area contributed by atoms with E-state index < -0.39 is 18.0 Å². The molecule has 1 spiro atoms. The molecule has 4 fully saturated rings. The van der Waals surface area contributed by atoms with Gasteiger partial charge in [-0.3, -0.25) is 14.4 Å². The molecule has 8 nitrogen and oxygen atoms in total. The lowest BCUT2D eigenvalue weighted by molar-refractivity contribution is -0.228. The van der Waals surface area contributed by atoms with Crippen molar-refractivity contribution >= 4 is 17.9 Å². The van der Waals surface area contributed by atoms with Crippen molar-refractivity contribution in [2.75, 3.05) is 0 Å².